The van der Waals surface area contributed by atoms with Crippen molar-refractivity contribution in [3.8, 4) is 0 Å². The van der Waals surface area contributed by atoms with Crippen molar-refractivity contribution in [2.75, 3.05) is 39.6 Å². The van der Waals surface area contributed by atoms with Crippen LogP contribution >= 0.6 is 0 Å². The van der Waals surface area contributed by atoms with Gasteiger partial charge in [0, 0.05) is 5.92 Å². The van der Waals surface area contributed by atoms with E-state index in [0.717, 1.165) is 41.5 Å². The zero-order chi connectivity index (χ0) is 31.6. The summed E-state index contributed by atoms with van der Waals surface area (Å²) in [5.41, 5.74) is 4.43. The van der Waals surface area contributed by atoms with Crippen LogP contribution in [0.5, 0.6) is 0 Å². The highest BCUT2D eigenvalue weighted by Gasteiger charge is 2.50. The maximum absolute atomic E-state index is 6.86. The fourth-order valence-corrected chi connectivity index (χ4v) is 7.49. The van der Waals surface area contributed by atoms with E-state index in [-0.39, 0.29) is 31.8 Å². The van der Waals surface area contributed by atoms with Crippen LogP contribution < -0.4 is 0 Å². The molecule has 0 radical (unpaired) electrons. The molecule has 7 nitrogen and oxygen atoms in total. The van der Waals surface area contributed by atoms with E-state index in [0.29, 0.717) is 45.6 Å². The first-order valence-corrected chi connectivity index (χ1v) is 17.8. The minimum Gasteiger partial charge on any atom is -0.374 e. The maximum Gasteiger partial charge on any atom is 0.680 e. The molecule has 3 aromatic rings. The second-order valence-electron chi connectivity index (χ2n) is 11.7. The van der Waals surface area contributed by atoms with Gasteiger partial charge in [0.05, 0.1) is 65.6 Å². The summed E-state index contributed by atoms with van der Waals surface area (Å²) in [7, 11) is -3.67. The van der Waals surface area contributed by atoms with Crippen LogP contribution in [0, 0.1) is 11.8 Å². The highest BCUT2D eigenvalue weighted by Crippen LogP contribution is 2.36. The fraction of sp³-hybridized carbons (Fsp3) is 0.459. The molecule has 8 heteroatoms. The van der Waals surface area contributed by atoms with Crippen molar-refractivity contribution in [2.24, 2.45) is 11.8 Å². The van der Waals surface area contributed by atoms with Gasteiger partial charge < -0.3 is 31.9 Å². The molecule has 3 unspecified atom stereocenters. The van der Waals surface area contributed by atoms with Crippen molar-refractivity contribution in [1.29, 1.82) is 0 Å². The molecule has 0 N–H and O–H groups in total. The third-order valence-electron chi connectivity index (χ3n) is 7.84. The smallest absolute Gasteiger partial charge is 0.374 e. The lowest BCUT2D eigenvalue weighted by atomic mass is 9.78. The van der Waals surface area contributed by atoms with Crippen molar-refractivity contribution in [2.45, 2.75) is 59.0 Å². The van der Waals surface area contributed by atoms with Crippen molar-refractivity contribution in [3.05, 3.63) is 120 Å². The Kier molecular flexibility index (Phi) is 15.5. The monoisotopic (exact) mass is 634 g/mol. The van der Waals surface area contributed by atoms with Crippen LogP contribution in [-0.4, -0.2) is 54.8 Å². The molecule has 0 bridgehead atoms. The van der Waals surface area contributed by atoms with Crippen LogP contribution in [-0.2, 0) is 51.7 Å². The van der Waals surface area contributed by atoms with Crippen LogP contribution in [0.4, 0.5) is 0 Å². The molecule has 0 aromatic heterocycles. The van der Waals surface area contributed by atoms with Gasteiger partial charge in [0.1, 0.15) is 0 Å². The zero-order valence-electron chi connectivity index (χ0n) is 26.9. The SMILES string of the molecule is C=C(C)C1CCC(C)CC1O[Si](OCCOCc1ccccc1)(OCCOCc1ccccc1)OCCOCc1ccccc1. The molecule has 3 aromatic carbocycles. The molecular formula is C37H50O7Si. The lowest BCUT2D eigenvalue weighted by Gasteiger charge is -2.39. The lowest BCUT2D eigenvalue weighted by Crippen LogP contribution is -2.55. The number of ether oxygens (including phenoxy) is 3. The second kappa shape index (κ2) is 19.8. The molecule has 0 spiro atoms. The Hall–Kier alpha value is -2.66. The summed E-state index contributed by atoms with van der Waals surface area (Å²) >= 11 is 0. The molecule has 4 rings (SSSR count). The van der Waals surface area contributed by atoms with Crippen LogP contribution in [0.2, 0.25) is 0 Å². The number of hydrogen-bond acceptors (Lipinski definition) is 7. The normalized spacial score (nSPS) is 18.6. The molecule has 0 heterocycles. The van der Waals surface area contributed by atoms with Gasteiger partial charge >= 0.3 is 9.05 Å². The molecule has 0 saturated heterocycles. The zero-order valence-corrected chi connectivity index (χ0v) is 27.9. The van der Waals surface area contributed by atoms with Crippen LogP contribution in [0.1, 0.15) is 49.8 Å². The van der Waals surface area contributed by atoms with Crippen molar-refractivity contribution < 1.29 is 31.9 Å². The topological polar surface area (TPSA) is 64.6 Å². The minimum atomic E-state index is -3.67. The van der Waals surface area contributed by atoms with Gasteiger partial charge in [0.2, 0.25) is 0 Å². The average molecular weight is 635 g/mol. The quantitative estimate of drug-likeness (QED) is 0.0682. The van der Waals surface area contributed by atoms with E-state index in [1.807, 2.05) is 91.0 Å². The highest BCUT2D eigenvalue weighted by atomic mass is 28.4. The first-order chi connectivity index (χ1) is 22.0. The molecule has 0 amide bonds. The Morgan fingerprint density at radius 2 is 1.02 bits per heavy atom. The van der Waals surface area contributed by atoms with Gasteiger partial charge in [-0.3, -0.25) is 0 Å². The highest BCUT2D eigenvalue weighted by molar-refractivity contribution is 6.53. The second-order valence-corrected chi connectivity index (χ2v) is 13.8. The Bertz CT molecular complexity index is 1090. The van der Waals surface area contributed by atoms with Gasteiger partial charge in [-0.1, -0.05) is 110 Å². The predicted octanol–water partition coefficient (Wildman–Crippen LogP) is 7.52. The van der Waals surface area contributed by atoms with Gasteiger partial charge in [0.25, 0.3) is 0 Å². The summed E-state index contributed by atoms with van der Waals surface area (Å²) in [6.07, 6.45) is 2.94. The summed E-state index contributed by atoms with van der Waals surface area (Å²) < 4.78 is 44.1. The Morgan fingerprint density at radius 3 is 1.40 bits per heavy atom. The molecule has 244 valence electrons. The average Bonchev–Trinajstić information content (AvgIpc) is 3.05. The van der Waals surface area contributed by atoms with Gasteiger partial charge in [-0.05, 0) is 48.8 Å². The fourth-order valence-electron chi connectivity index (χ4n) is 5.40. The molecule has 0 aliphatic heterocycles. The predicted molar refractivity (Wildman–Crippen MR) is 178 cm³/mol. The third kappa shape index (κ3) is 12.9. The molecular weight excluding hydrogens is 584 g/mol. The summed E-state index contributed by atoms with van der Waals surface area (Å²) in [4.78, 5) is 0. The van der Waals surface area contributed by atoms with E-state index in [1.165, 1.54) is 0 Å². The summed E-state index contributed by atoms with van der Waals surface area (Å²) in [5, 5.41) is 0. The number of rotatable bonds is 21. The van der Waals surface area contributed by atoms with E-state index in [9.17, 15) is 0 Å². The van der Waals surface area contributed by atoms with Crippen LogP contribution in [0.15, 0.2) is 103 Å². The number of benzene rings is 3. The van der Waals surface area contributed by atoms with E-state index in [4.69, 9.17) is 31.9 Å². The standard InChI is InChI=1S/C37H50O7Si/c1-31(2)36-20-19-32(3)27-37(36)44-45(41-24-21-38-28-33-13-7-4-8-14-33,42-25-22-39-29-34-15-9-5-10-16-34)43-26-23-40-30-35-17-11-6-12-18-35/h4-18,32,36-37H,1,19-30H2,2-3H3. The van der Waals surface area contributed by atoms with Gasteiger partial charge in [-0.15, -0.1) is 0 Å². The molecule has 1 aliphatic rings. The van der Waals surface area contributed by atoms with E-state index in [2.05, 4.69) is 20.4 Å². The van der Waals surface area contributed by atoms with Gasteiger partial charge in [0.15, 0.2) is 0 Å². The van der Waals surface area contributed by atoms with E-state index in [1.54, 1.807) is 0 Å². The maximum atomic E-state index is 6.86. The lowest BCUT2D eigenvalue weighted by molar-refractivity contribution is -0.0944. The Morgan fingerprint density at radius 1 is 0.622 bits per heavy atom. The van der Waals surface area contributed by atoms with Gasteiger partial charge in [-0.2, -0.15) is 0 Å². The van der Waals surface area contributed by atoms with Crippen LogP contribution in [0.3, 0.4) is 0 Å². The minimum absolute atomic E-state index is 0.112. The van der Waals surface area contributed by atoms with Gasteiger partial charge in [-0.25, -0.2) is 0 Å². The molecule has 1 aliphatic carbocycles. The van der Waals surface area contributed by atoms with E-state index < -0.39 is 9.05 Å². The molecule has 45 heavy (non-hydrogen) atoms. The van der Waals surface area contributed by atoms with Crippen molar-refractivity contribution >= 4 is 9.05 Å². The summed E-state index contributed by atoms with van der Waals surface area (Å²) in [6.45, 7) is 12.1. The molecule has 1 fully saturated rings. The van der Waals surface area contributed by atoms with E-state index >= 15 is 0 Å². The third-order valence-corrected chi connectivity index (χ3v) is 10.1. The largest absolute Gasteiger partial charge is 0.680 e. The Balaban J connectivity index is 1.41. The first kappa shape index (κ1) is 35.2. The molecule has 1 saturated carbocycles. The molecule has 3 atom stereocenters. The Labute approximate surface area is 270 Å². The summed E-state index contributed by atoms with van der Waals surface area (Å²) in [5.74, 6) is 0.733. The van der Waals surface area contributed by atoms with Crippen molar-refractivity contribution in [3.63, 3.8) is 0 Å². The van der Waals surface area contributed by atoms with Crippen LogP contribution in [0.25, 0.3) is 0 Å². The summed E-state index contributed by atoms with van der Waals surface area (Å²) in [6, 6.07) is 30.3. The number of hydrogen-bond donors (Lipinski definition) is 0. The van der Waals surface area contributed by atoms with Crippen molar-refractivity contribution in [1.82, 2.24) is 0 Å². The first-order valence-electron chi connectivity index (χ1n) is 16.1.